The van der Waals surface area contributed by atoms with Gasteiger partial charge in [-0.15, -0.1) is 0 Å². The van der Waals surface area contributed by atoms with Crippen molar-refractivity contribution in [3.8, 4) is 0 Å². The minimum Gasteiger partial charge on any atom is -0.380 e. The molecule has 0 amide bonds. The summed E-state index contributed by atoms with van der Waals surface area (Å²) in [6.45, 7) is 2.51. The van der Waals surface area contributed by atoms with Crippen LogP contribution in [0.2, 0.25) is 0 Å². The molecule has 0 bridgehead atoms. The molecule has 1 N–H and O–H groups in total. The average Bonchev–Trinajstić information content (AvgIpc) is 2.99. The lowest BCUT2D eigenvalue weighted by Crippen LogP contribution is -2.51. The van der Waals surface area contributed by atoms with Crippen LogP contribution in [0.25, 0.3) is 0 Å². The molecule has 3 aliphatic rings. The Balaban J connectivity index is 1.56. The third kappa shape index (κ3) is 2.57. The van der Waals surface area contributed by atoms with Crippen molar-refractivity contribution in [1.82, 2.24) is 5.32 Å². The fourth-order valence-corrected chi connectivity index (χ4v) is 3.73. The van der Waals surface area contributed by atoms with Crippen molar-refractivity contribution in [1.29, 1.82) is 0 Å². The van der Waals surface area contributed by atoms with Crippen molar-refractivity contribution in [2.45, 2.75) is 62.3 Å². The topological polar surface area (TPSA) is 39.7 Å². The third-order valence-electron chi connectivity index (χ3n) is 4.77. The lowest BCUT2D eigenvalue weighted by molar-refractivity contribution is -0.0917. The SMILES string of the molecule is COC1CCCC1NC1CCOC2(CCOC2)C1. The van der Waals surface area contributed by atoms with Crippen molar-refractivity contribution in [3.63, 3.8) is 0 Å². The predicted molar refractivity (Wildman–Crippen MR) is 68.7 cm³/mol. The molecule has 18 heavy (non-hydrogen) atoms. The molecule has 0 radical (unpaired) electrons. The highest BCUT2D eigenvalue weighted by Crippen LogP contribution is 2.33. The molecule has 4 unspecified atom stereocenters. The number of ether oxygens (including phenoxy) is 3. The Morgan fingerprint density at radius 2 is 2.17 bits per heavy atom. The first kappa shape index (κ1) is 12.9. The zero-order valence-corrected chi connectivity index (χ0v) is 11.3. The van der Waals surface area contributed by atoms with Gasteiger partial charge in [0.25, 0.3) is 0 Å². The summed E-state index contributed by atoms with van der Waals surface area (Å²) in [5.41, 5.74) is 0.0110. The summed E-state index contributed by atoms with van der Waals surface area (Å²) in [7, 11) is 1.83. The van der Waals surface area contributed by atoms with E-state index in [1.165, 1.54) is 19.3 Å². The first-order valence-corrected chi connectivity index (χ1v) is 7.32. The van der Waals surface area contributed by atoms with E-state index >= 15 is 0 Å². The lowest BCUT2D eigenvalue weighted by atomic mass is 9.89. The van der Waals surface area contributed by atoms with Crippen molar-refractivity contribution in [3.05, 3.63) is 0 Å². The van der Waals surface area contributed by atoms with Crippen LogP contribution in [0.15, 0.2) is 0 Å². The van der Waals surface area contributed by atoms with Crippen LogP contribution >= 0.6 is 0 Å². The lowest BCUT2D eigenvalue weighted by Gasteiger charge is -2.39. The highest BCUT2D eigenvalue weighted by atomic mass is 16.6. The van der Waals surface area contributed by atoms with E-state index in [1.54, 1.807) is 0 Å². The van der Waals surface area contributed by atoms with Crippen LogP contribution in [-0.4, -0.2) is 50.7 Å². The van der Waals surface area contributed by atoms with Crippen LogP contribution in [0.3, 0.4) is 0 Å². The molecular weight excluding hydrogens is 230 g/mol. The maximum Gasteiger partial charge on any atom is 0.0951 e. The van der Waals surface area contributed by atoms with Gasteiger partial charge in [0.15, 0.2) is 0 Å². The summed E-state index contributed by atoms with van der Waals surface area (Å²) in [5.74, 6) is 0. The quantitative estimate of drug-likeness (QED) is 0.829. The highest BCUT2D eigenvalue weighted by Gasteiger charge is 2.42. The van der Waals surface area contributed by atoms with Gasteiger partial charge in [-0.05, 0) is 32.1 Å². The molecule has 0 aromatic carbocycles. The second-order valence-electron chi connectivity index (χ2n) is 6.00. The van der Waals surface area contributed by atoms with Gasteiger partial charge < -0.3 is 19.5 Å². The minimum atomic E-state index is 0.0110. The van der Waals surface area contributed by atoms with E-state index in [1.807, 2.05) is 7.11 Å². The van der Waals surface area contributed by atoms with Crippen LogP contribution in [0.4, 0.5) is 0 Å². The van der Waals surface area contributed by atoms with Crippen LogP contribution in [0.5, 0.6) is 0 Å². The maximum atomic E-state index is 5.98. The highest BCUT2D eigenvalue weighted by molar-refractivity contribution is 4.95. The number of rotatable bonds is 3. The number of hydrogen-bond acceptors (Lipinski definition) is 4. The number of hydrogen-bond donors (Lipinski definition) is 1. The van der Waals surface area contributed by atoms with E-state index in [4.69, 9.17) is 14.2 Å². The molecule has 0 aromatic heterocycles. The normalized spacial score (nSPS) is 44.8. The van der Waals surface area contributed by atoms with Crippen LogP contribution in [0.1, 0.15) is 38.5 Å². The standard InChI is InChI=1S/C14H25NO3/c1-16-13-4-2-3-12(13)15-11-5-7-18-14(9-11)6-8-17-10-14/h11-13,15H,2-10H2,1H3. The minimum absolute atomic E-state index is 0.0110. The van der Waals surface area contributed by atoms with Gasteiger partial charge in [-0.1, -0.05) is 0 Å². The Hall–Kier alpha value is -0.160. The van der Waals surface area contributed by atoms with Gasteiger partial charge in [0.2, 0.25) is 0 Å². The van der Waals surface area contributed by atoms with E-state index in [2.05, 4.69) is 5.32 Å². The summed E-state index contributed by atoms with van der Waals surface area (Å²) < 4.78 is 17.1. The Bertz CT molecular complexity index is 278. The molecule has 0 aromatic rings. The summed E-state index contributed by atoms with van der Waals surface area (Å²) in [5, 5.41) is 3.81. The van der Waals surface area contributed by atoms with Gasteiger partial charge >= 0.3 is 0 Å². The Morgan fingerprint density at radius 1 is 1.22 bits per heavy atom. The molecule has 3 fully saturated rings. The number of methoxy groups -OCH3 is 1. The van der Waals surface area contributed by atoms with Crippen molar-refractivity contribution in [2.24, 2.45) is 0 Å². The van der Waals surface area contributed by atoms with E-state index in [9.17, 15) is 0 Å². The van der Waals surface area contributed by atoms with Gasteiger partial charge in [-0.25, -0.2) is 0 Å². The number of nitrogens with one attached hydrogen (secondary N) is 1. The molecule has 2 saturated heterocycles. The first-order valence-electron chi connectivity index (χ1n) is 7.32. The first-order chi connectivity index (χ1) is 8.81. The van der Waals surface area contributed by atoms with Crippen LogP contribution in [-0.2, 0) is 14.2 Å². The fraction of sp³-hybridized carbons (Fsp3) is 1.00. The molecule has 4 nitrogen and oxygen atoms in total. The van der Waals surface area contributed by atoms with Gasteiger partial charge in [-0.2, -0.15) is 0 Å². The molecule has 4 atom stereocenters. The Kier molecular flexibility index (Phi) is 3.89. The largest absolute Gasteiger partial charge is 0.380 e. The zero-order chi connectivity index (χ0) is 12.4. The molecule has 1 saturated carbocycles. The summed E-state index contributed by atoms with van der Waals surface area (Å²) in [6.07, 6.45) is 7.42. The van der Waals surface area contributed by atoms with Gasteiger partial charge in [0.1, 0.15) is 0 Å². The summed E-state index contributed by atoms with van der Waals surface area (Å²) >= 11 is 0. The van der Waals surface area contributed by atoms with Gasteiger partial charge in [0.05, 0.1) is 18.3 Å². The monoisotopic (exact) mass is 255 g/mol. The second kappa shape index (κ2) is 5.45. The van der Waals surface area contributed by atoms with Crippen molar-refractivity contribution in [2.75, 3.05) is 26.9 Å². The third-order valence-corrected chi connectivity index (χ3v) is 4.77. The molecule has 2 aliphatic heterocycles. The van der Waals surface area contributed by atoms with Crippen LogP contribution in [0, 0.1) is 0 Å². The van der Waals surface area contributed by atoms with Crippen molar-refractivity contribution < 1.29 is 14.2 Å². The van der Waals surface area contributed by atoms with E-state index in [0.717, 1.165) is 39.1 Å². The summed E-state index contributed by atoms with van der Waals surface area (Å²) in [4.78, 5) is 0. The average molecular weight is 255 g/mol. The van der Waals surface area contributed by atoms with E-state index in [0.29, 0.717) is 18.2 Å². The fourth-order valence-electron chi connectivity index (χ4n) is 3.73. The molecule has 4 heteroatoms. The van der Waals surface area contributed by atoms with Gasteiger partial charge in [-0.3, -0.25) is 0 Å². The Labute approximate surface area is 109 Å². The molecule has 104 valence electrons. The smallest absolute Gasteiger partial charge is 0.0951 e. The van der Waals surface area contributed by atoms with E-state index < -0.39 is 0 Å². The molecular formula is C14H25NO3. The molecule has 1 spiro atoms. The predicted octanol–water partition coefficient (Wildman–Crippen LogP) is 1.48. The molecule has 1 aliphatic carbocycles. The molecule has 2 heterocycles. The Morgan fingerprint density at radius 3 is 2.94 bits per heavy atom. The maximum absolute atomic E-state index is 5.98. The van der Waals surface area contributed by atoms with Crippen LogP contribution < -0.4 is 5.32 Å². The van der Waals surface area contributed by atoms with E-state index in [-0.39, 0.29) is 5.60 Å². The zero-order valence-electron chi connectivity index (χ0n) is 11.3. The summed E-state index contributed by atoms with van der Waals surface area (Å²) in [6, 6.07) is 1.11. The molecule has 3 rings (SSSR count). The van der Waals surface area contributed by atoms with Gasteiger partial charge in [0, 0.05) is 38.8 Å². The second-order valence-corrected chi connectivity index (χ2v) is 6.00. The van der Waals surface area contributed by atoms with Crippen molar-refractivity contribution >= 4 is 0 Å².